The number of carbonyl (C=O) groups is 2. The van der Waals surface area contributed by atoms with Gasteiger partial charge in [-0.05, 0) is 45.9 Å². The zero-order valence-electron chi connectivity index (χ0n) is 13.9. The number of H-pyrrole nitrogens is 1. The molecule has 1 aromatic carbocycles. The number of fused-ring (bicyclic) bond motifs is 1. The summed E-state index contributed by atoms with van der Waals surface area (Å²) in [6, 6.07) is 7.25. The lowest BCUT2D eigenvalue weighted by atomic mass is 10.2. The third kappa shape index (κ3) is 5.02. The molecule has 0 saturated heterocycles. The van der Waals surface area contributed by atoms with Crippen LogP contribution >= 0.6 is 0 Å². The van der Waals surface area contributed by atoms with E-state index in [1.165, 1.54) is 0 Å². The molecule has 0 radical (unpaired) electrons. The van der Waals surface area contributed by atoms with Crippen LogP contribution in [0, 0.1) is 0 Å². The maximum atomic E-state index is 12.1. The number of alkyl carbamates (subject to hydrolysis) is 1. The Labute approximate surface area is 135 Å². The van der Waals surface area contributed by atoms with E-state index in [-0.39, 0.29) is 18.4 Å². The number of ether oxygens (including phenoxy) is 1. The monoisotopic (exact) mass is 317 g/mol. The molecule has 0 aliphatic rings. The minimum Gasteiger partial charge on any atom is -0.444 e. The Hall–Kier alpha value is -2.50. The number of hydrogen-bond acceptors (Lipinski definition) is 3. The van der Waals surface area contributed by atoms with Crippen molar-refractivity contribution < 1.29 is 14.3 Å². The van der Waals surface area contributed by atoms with Crippen LogP contribution < -0.4 is 10.6 Å². The van der Waals surface area contributed by atoms with E-state index in [1.54, 1.807) is 27.7 Å². The highest BCUT2D eigenvalue weighted by Gasteiger charge is 2.19. The largest absolute Gasteiger partial charge is 0.444 e. The molecule has 6 heteroatoms. The van der Waals surface area contributed by atoms with Crippen LogP contribution in [-0.2, 0) is 9.53 Å². The Morgan fingerprint density at radius 2 is 2.00 bits per heavy atom. The Morgan fingerprint density at radius 1 is 1.26 bits per heavy atom. The zero-order chi connectivity index (χ0) is 17.0. The highest BCUT2D eigenvalue weighted by Crippen LogP contribution is 2.22. The van der Waals surface area contributed by atoms with Crippen molar-refractivity contribution in [3.63, 3.8) is 0 Å². The summed E-state index contributed by atoms with van der Waals surface area (Å²) < 4.78 is 5.17. The molecule has 0 fully saturated rings. The van der Waals surface area contributed by atoms with E-state index >= 15 is 0 Å². The first-order valence-electron chi connectivity index (χ1n) is 7.60. The molecule has 0 saturated carbocycles. The fraction of sp³-hybridized carbons (Fsp3) is 0.412. The Morgan fingerprint density at radius 3 is 2.70 bits per heavy atom. The van der Waals surface area contributed by atoms with Crippen molar-refractivity contribution in [3.05, 3.63) is 30.5 Å². The van der Waals surface area contributed by atoms with Gasteiger partial charge < -0.3 is 20.4 Å². The standard InChI is InChI=1S/C17H23N3O3/c1-11(19-16(22)23-17(2,3)4)10-15(21)20-14-7-5-6-13-12(14)8-9-18-13/h5-9,11,18H,10H2,1-4H3,(H,19,22)(H,20,21). The molecule has 2 aromatic rings. The van der Waals surface area contributed by atoms with E-state index in [2.05, 4.69) is 15.6 Å². The molecule has 6 nitrogen and oxygen atoms in total. The average molecular weight is 317 g/mol. The first-order valence-corrected chi connectivity index (χ1v) is 7.60. The van der Waals surface area contributed by atoms with Gasteiger partial charge in [0.2, 0.25) is 5.91 Å². The summed E-state index contributed by atoms with van der Waals surface area (Å²) in [5, 5.41) is 6.48. The normalized spacial score (nSPS) is 12.7. The number of aromatic amines is 1. The summed E-state index contributed by atoms with van der Waals surface area (Å²) in [6.45, 7) is 7.14. The maximum absolute atomic E-state index is 12.1. The van der Waals surface area contributed by atoms with Gasteiger partial charge >= 0.3 is 6.09 Å². The first-order chi connectivity index (χ1) is 10.7. The van der Waals surface area contributed by atoms with Crippen molar-refractivity contribution in [3.8, 4) is 0 Å². The lowest BCUT2D eigenvalue weighted by Crippen LogP contribution is -2.39. The molecule has 2 amide bonds. The molecule has 0 spiro atoms. The molecule has 0 bridgehead atoms. The number of nitrogens with one attached hydrogen (secondary N) is 3. The van der Waals surface area contributed by atoms with Gasteiger partial charge in [-0.3, -0.25) is 4.79 Å². The lowest BCUT2D eigenvalue weighted by molar-refractivity contribution is -0.116. The molecule has 124 valence electrons. The van der Waals surface area contributed by atoms with Crippen LogP contribution in [0.15, 0.2) is 30.5 Å². The third-order valence-electron chi connectivity index (χ3n) is 3.12. The van der Waals surface area contributed by atoms with Crippen molar-refractivity contribution in [2.45, 2.75) is 45.8 Å². The Kier molecular flexibility index (Phi) is 4.93. The van der Waals surface area contributed by atoms with Crippen LogP contribution in [0.25, 0.3) is 10.9 Å². The van der Waals surface area contributed by atoms with Gasteiger partial charge in [-0.2, -0.15) is 0 Å². The average Bonchev–Trinajstić information content (AvgIpc) is 2.84. The van der Waals surface area contributed by atoms with Crippen LogP contribution in [0.2, 0.25) is 0 Å². The third-order valence-corrected chi connectivity index (χ3v) is 3.12. The second-order valence-corrected chi connectivity index (χ2v) is 6.54. The smallest absolute Gasteiger partial charge is 0.407 e. The van der Waals surface area contributed by atoms with Crippen molar-refractivity contribution in [1.29, 1.82) is 0 Å². The van der Waals surface area contributed by atoms with Gasteiger partial charge in [0.15, 0.2) is 0 Å². The number of carbonyl (C=O) groups excluding carboxylic acids is 2. The van der Waals surface area contributed by atoms with E-state index in [9.17, 15) is 9.59 Å². The molecular weight excluding hydrogens is 294 g/mol. The molecule has 0 aliphatic heterocycles. The highest BCUT2D eigenvalue weighted by atomic mass is 16.6. The molecule has 1 heterocycles. The number of rotatable bonds is 4. The van der Waals surface area contributed by atoms with Gasteiger partial charge in [-0.15, -0.1) is 0 Å². The Balaban J connectivity index is 1.89. The van der Waals surface area contributed by atoms with Crippen molar-refractivity contribution >= 4 is 28.6 Å². The number of benzene rings is 1. The minimum absolute atomic E-state index is 0.165. The predicted molar refractivity (Wildman–Crippen MR) is 90.4 cm³/mol. The van der Waals surface area contributed by atoms with Crippen LogP contribution in [0.5, 0.6) is 0 Å². The Bertz CT molecular complexity index is 700. The van der Waals surface area contributed by atoms with Gasteiger partial charge in [0, 0.05) is 29.6 Å². The number of aromatic nitrogens is 1. The van der Waals surface area contributed by atoms with Crippen molar-refractivity contribution in [2.75, 3.05) is 5.32 Å². The quantitative estimate of drug-likeness (QED) is 0.808. The van der Waals surface area contributed by atoms with E-state index in [0.717, 1.165) is 16.6 Å². The van der Waals surface area contributed by atoms with Gasteiger partial charge in [0.1, 0.15) is 5.60 Å². The van der Waals surface area contributed by atoms with Gasteiger partial charge in [0.25, 0.3) is 0 Å². The summed E-state index contributed by atoms with van der Waals surface area (Å²) in [6.07, 6.45) is 1.47. The van der Waals surface area contributed by atoms with Gasteiger partial charge in [-0.25, -0.2) is 4.79 Å². The molecule has 0 aliphatic carbocycles. The van der Waals surface area contributed by atoms with Crippen molar-refractivity contribution in [1.82, 2.24) is 10.3 Å². The van der Waals surface area contributed by atoms with E-state index in [1.807, 2.05) is 30.5 Å². The minimum atomic E-state index is -0.560. The fourth-order valence-electron chi connectivity index (χ4n) is 2.23. The number of anilines is 1. The number of hydrogen-bond donors (Lipinski definition) is 3. The van der Waals surface area contributed by atoms with Crippen LogP contribution in [0.4, 0.5) is 10.5 Å². The molecule has 23 heavy (non-hydrogen) atoms. The molecule has 1 unspecified atom stereocenters. The van der Waals surface area contributed by atoms with Crippen molar-refractivity contribution in [2.24, 2.45) is 0 Å². The van der Waals surface area contributed by atoms with Crippen LogP contribution in [0.3, 0.4) is 0 Å². The topological polar surface area (TPSA) is 83.2 Å². The SMILES string of the molecule is CC(CC(=O)Nc1cccc2[nH]ccc12)NC(=O)OC(C)(C)C. The van der Waals surface area contributed by atoms with E-state index < -0.39 is 11.7 Å². The lowest BCUT2D eigenvalue weighted by Gasteiger charge is -2.21. The highest BCUT2D eigenvalue weighted by molar-refractivity contribution is 6.01. The van der Waals surface area contributed by atoms with Crippen LogP contribution in [-0.4, -0.2) is 28.6 Å². The maximum Gasteiger partial charge on any atom is 0.407 e. The second-order valence-electron chi connectivity index (χ2n) is 6.54. The van der Waals surface area contributed by atoms with E-state index in [0.29, 0.717) is 0 Å². The molecular formula is C17H23N3O3. The molecule has 3 N–H and O–H groups in total. The van der Waals surface area contributed by atoms with Crippen LogP contribution in [0.1, 0.15) is 34.1 Å². The molecule has 1 aromatic heterocycles. The summed E-state index contributed by atoms with van der Waals surface area (Å²) >= 11 is 0. The van der Waals surface area contributed by atoms with E-state index in [4.69, 9.17) is 4.74 Å². The zero-order valence-corrected chi connectivity index (χ0v) is 13.9. The van der Waals surface area contributed by atoms with Gasteiger partial charge in [-0.1, -0.05) is 6.07 Å². The second kappa shape index (κ2) is 6.73. The fourth-order valence-corrected chi connectivity index (χ4v) is 2.23. The molecule has 2 rings (SSSR count). The summed E-state index contributed by atoms with van der Waals surface area (Å²) in [5.74, 6) is -0.165. The van der Waals surface area contributed by atoms with Gasteiger partial charge in [0.05, 0.1) is 5.69 Å². The molecule has 1 atom stereocenters. The first kappa shape index (κ1) is 16.9. The summed E-state index contributed by atoms with van der Waals surface area (Å²) in [7, 11) is 0. The summed E-state index contributed by atoms with van der Waals surface area (Å²) in [4.78, 5) is 26.9. The predicted octanol–water partition coefficient (Wildman–Crippen LogP) is 3.41. The summed E-state index contributed by atoms with van der Waals surface area (Å²) in [5.41, 5.74) is 1.15. The number of amides is 2.